The Morgan fingerprint density at radius 1 is 0.139 bits per heavy atom. The van der Waals surface area contributed by atoms with Gasteiger partial charge in [-0.2, -0.15) is 0 Å². The topological polar surface area (TPSA) is 39.4 Å². The van der Waals surface area contributed by atoms with Crippen molar-refractivity contribution in [2.75, 3.05) is 0 Å². The van der Waals surface area contributed by atoms with Gasteiger partial charge < -0.3 is 13.3 Å². The molecule has 0 fully saturated rings. The minimum absolute atomic E-state index is 0.858. The van der Waals surface area contributed by atoms with E-state index in [1.54, 1.807) is 0 Å². The van der Waals surface area contributed by atoms with Crippen molar-refractivity contribution in [3.05, 3.63) is 267 Å². The van der Waals surface area contributed by atoms with Crippen molar-refractivity contribution >= 4 is 109 Å². The predicted octanol–water partition coefficient (Wildman–Crippen LogP) is 22.0. The zero-order valence-electron chi connectivity index (χ0n) is 42.6. The number of fused-ring (bicyclic) bond motifs is 13. The first-order valence-electron chi connectivity index (χ1n) is 27.0. The minimum Gasteiger partial charge on any atom is -0.456 e. The Balaban J connectivity index is 0.794. The van der Waals surface area contributed by atoms with Crippen LogP contribution >= 0.6 is 0 Å². The molecule has 0 atom stereocenters. The van der Waals surface area contributed by atoms with Crippen molar-refractivity contribution < 1.29 is 13.3 Å². The van der Waals surface area contributed by atoms with E-state index in [1.165, 1.54) is 87.6 Å². The van der Waals surface area contributed by atoms with Gasteiger partial charge in [-0.15, -0.1) is 0 Å². The Morgan fingerprint density at radius 3 is 0.709 bits per heavy atom. The van der Waals surface area contributed by atoms with Gasteiger partial charge in [0.15, 0.2) is 0 Å². The highest BCUT2D eigenvalue weighted by molar-refractivity contribution is 6.25. The van der Waals surface area contributed by atoms with Crippen LogP contribution in [0, 0.1) is 0 Å². The number of benzene rings is 14. The average molecular weight is 1010 g/mol. The molecule has 0 spiro atoms. The second kappa shape index (κ2) is 17.0. The molecule has 366 valence electrons. The van der Waals surface area contributed by atoms with Gasteiger partial charge in [0.25, 0.3) is 0 Å². The van der Waals surface area contributed by atoms with Crippen LogP contribution in [-0.4, -0.2) is 0 Å². The van der Waals surface area contributed by atoms with Gasteiger partial charge in [-0.3, -0.25) is 0 Å². The summed E-state index contributed by atoms with van der Waals surface area (Å²) in [5.41, 5.74) is 19.4. The van der Waals surface area contributed by atoms with Crippen molar-refractivity contribution in [3.63, 3.8) is 0 Å². The first-order chi connectivity index (χ1) is 39.1. The molecule has 17 aromatic rings. The van der Waals surface area contributed by atoms with Crippen LogP contribution in [0.15, 0.2) is 280 Å². The standard InChI is InChI=1S/C76H44O3/c1-3-15-45(16-4-1)47-28-34-68-63(39-47)65-42-50(31-37-70(65)77-68)74-56-21-9-7-19-54(56)73(55-20-8-10-22-57(55)74)49-30-36-67-62(41-49)53-33-27-52(44-72(53)79-67)76-60-25-13-11-23-58(60)75(59-24-12-14-26-61(59)76)51-32-38-71-66(43-51)64-40-48(29-35-69(64)78-71)46-17-5-2-6-18-46/h1-44H. The lowest BCUT2D eigenvalue weighted by molar-refractivity contribution is 0.668. The van der Waals surface area contributed by atoms with E-state index in [0.717, 1.165) is 88.1 Å². The molecular formula is C76H44O3. The Morgan fingerprint density at radius 2 is 0.380 bits per heavy atom. The largest absolute Gasteiger partial charge is 0.456 e. The second-order valence-corrected chi connectivity index (χ2v) is 21.0. The van der Waals surface area contributed by atoms with Crippen LogP contribution in [0.3, 0.4) is 0 Å². The van der Waals surface area contributed by atoms with E-state index in [-0.39, 0.29) is 0 Å². The minimum atomic E-state index is 0.858. The Kier molecular flexibility index (Phi) is 9.42. The molecule has 3 nitrogen and oxygen atoms in total. The van der Waals surface area contributed by atoms with E-state index in [1.807, 2.05) is 0 Å². The zero-order valence-corrected chi connectivity index (χ0v) is 42.6. The van der Waals surface area contributed by atoms with E-state index in [2.05, 4.69) is 267 Å². The van der Waals surface area contributed by atoms with E-state index in [4.69, 9.17) is 13.3 Å². The highest BCUT2D eigenvalue weighted by Gasteiger charge is 2.22. The van der Waals surface area contributed by atoms with Gasteiger partial charge in [-0.05, 0) is 183 Å². The number of furan rings is 3. The molecular weight excluding hydrogens is 961 g/mol. The van der Waals surface area contributed by atoms with Crippen LogP contribution in [0.5, 0.6) is 0 Å². The maximum absolute atomic E-state index is 6.85. The molecule has 0 saturated heterocycles. The summed E-state index contributed by atoms with van der Waals surface area (Å²) in [4.78, 5) is 0. The first kappa shape index (κ1) is 43.7. The van der Waals surface area contributed by atoms with Crippen LogP contribution in [-0.2, 0) is 0 Å². The van der Waals surface area contributed by atoms with Crippen molar-refractivity contribution in [2.45, 2.75) is 0 Å². The fourth-order valence-electron chi connectivity index (χ4n) is 13.1. The molecule has 3 aromatic heterocycles. The van der Waals surface area contributed by atoms with Gasteiger partial charge in [0.1, 0.15) is 33.5 Å². The molecule has 14 aromatic carbocycles. The van der Waals surface area contributed by atoms with E-state index < -0.39 is 0 Å². The number of hydrogen-bond donors (Lipinski definition) is 0. The molecule has 3 heteroatoms. The van der Waals surface area contributed by atoms with Gasteiger partial charge in [0.2, 0.25) is 0 Å². The summed E-state index contributed by atoms with van der Waals surface area (Å²) in [6.45, 7) is 0. The molecule has 0 aliphatic carbocycles. The molecule has 17 rings (SSSR count). The molecule has 0 saturated carbocycles. The molecule has 0 bridgehead atoms. The summed E-state index contributed by atoms with van der Waals surface area (Å²) in [5.74, 6) is 0. The predicted molar refractivity (Wildman–Crippen MR) is 331 cm³/mol. The molecule has 79 heavy (non-hydrogen) atoms. The summed E-state index contributed by atoms with van der Waals surface area (Å²) in [5, 5.41) is 16.2. The molecule has 0 radical (unpaired) electrons. The first-order valence-corrected chi connectivity index (χ1v) is 27.0. The van der Waals surface area contributed by atoms with Crippen molar-refractivity contribution in [1.82, 2.24) is 0 Å². The van der Waals surface area contributed by atoms with Crippen LogP contribution in [0.1, 0.15) is 0 Å². The highest BCUT2D eigenvalue weighted by atomic mass is 16.3. The Labute approximate surface area is 453 Å². The van der Waals surface area contributed by atoms with E-state index in [0.29, 0.717) is 0 Å². The fraction of sp³-hybridized carbons (Fsp3) is 0. The third-order valence-corrected chi connectivity index (χ3v) is 16.6. The Hall–Kier alpha value is -10.5. The molecule has 0 unspecified atom stereocenters. The number of rotatable bonds is 6. The monoisotopic (exact) mass is 1000 g/mol. The Bertz CT molecular complexity index is 5250. The molecule has 0 amide bonds. The normalized spacial score (nSPS) is 12.1. The lowest BCUT2D eigenvalue weighted by Crippen LogP contribution is -1.91. The van der Waals surface area contributed by atoms with Crippen LogP contribution in [0.4, 0.5) is 0 Å². The maximum Gasteiger partial charge on any atom is 0.136 e. The maximum atomic E-state index is 6.85. The lowest BCUT2D eigenvalue weighted by atomic mass is 9.85. The molecule has 0 aliphatic heterocycles. The summed E-state index contributed by atoms with van der Waals surface area (Å²) in [6.07, 6.45) is 0. The smallest absolute Gasteiger partial charge is 0.136 e. The van der Waals surface area contributed by atoms with Gasteiger partial charge in [-0.1, -0.05) is 194 Å². The highest BCUT2D eigenvalue weighted by Crippen LogP contribution is 2.49. The third-order valence-electron chi connectivity index (χ3n) is 16.6. The van der Waals surface area contributed by atoms with E-state index >= 15 is 0 Å². The van der Waals surface area contributed by atoms with Gasteiger partial charge >= 0.3 is 0 Å². The molecule has 0 N–H and O–H groups in total. The summed E-state index contributed by atoms with van der Waals surface area (Å²) in [6, 6.07) is 96.5. The van der Waals surface area contributed by atoms with E-state index in [9.17, 15) is 0 Å². The summed E-state index contributed by atoms with van der Waals surface area (Å²) < 4.78 is 19.7. The van der Waals surface area contributed by atoms with Crippen LogP contribution < -0.4 is 0 Å². The summed E-state index contributed by atoms with van der Waals surface area (Å²) in [7, 11) is 0. The molecule has 0 aliphatic rings. The summed E-state index contributed by atoms with van der Waals surface area (Å²) >= 11 is 0. The van der Waals surface area contributed by atoms with Gasteiger partial charge in [0, 0.05) is 32.3 Å². The SMILES string of the molecule is c1ccc(-c2ccc3oc4ccc(-c5c6ccccc6c(-c6ccc7c(c6)oc6ccc(-c8c9ccccc9c(-c9ccc%10oc%11ccc(-c%12ccccc%12)cc%11c%10c9)c9ccccc89)cc67)c6ccccc56)cc4c3c2)cc1. The quantitative estimate of drug-likeness (QED) is 0.156. The van der Waals surface area contributed by atoms with Gasteiger partial charge in [0.05, 0.1) is 0 Å². The van der Waals surface area contributed by atoms with Gasteiger partial charge in [-0.25, -0.2) is 0 Å². The fourth-order valence-corrected chi connectivity index (χ4v) is 13.1. The molecule has 3 heterocycles. The van der Waals surface area contributed by atoms with Crippen molar-refractivity contribution in [3.8, 4) is 66.8 Å². The average Bonchev–Trinajstić information content (AvgIpc) is 4.38. The van der Waals surface area contributed by atoms with Crippen molar-refractivity contribution in [2.24, 2.45) is 0 Å². The van der Waals surface area contributed by atoms with Crippen molar-refractivity contribution in [1.29, 1.82) is 0 Å². The van der Waals surface area contributed by atoms with Crippen LogP contribution in [0.2, 0.25) is 0 Å². The number of hydrogen-bond acceptors (Lipinski definition) is 3. The lowest BCUT2D eigenvalue weighted by Gasteiger charge is -2.18. The van der Waals surface area contributed by atoms with Crippen LogP contribution in [0.25, 0.3) is 176 Å². The zero-order chi connectivity index (χ0) is 51.7. The second-order valence-electron chi connectivity index (χ2n) is 21.0. The third kappa shape index (κ3) is 6.73.